The molecular weight excluding hydrogens is 372 g/mol. The molecule has 4 rings (SSSR count). The van der Waals surface area contributed by atoms with Gasteiger partial charge >= 0.3 is 5.97 Å². The van der Waals surface area contributed by atoms with Crippen LogP contribution in [0.4, 0.5) is 0 Å². The highest BCUT2D eigenvalue weighted by atomic mass is 32.2. The smallest absolute Gasteiger partial charge is 0.319 e. The molecule has 0 bridgehead atoms. The van der Waals surface area contributed by atoms with Gasteiger partial charge in [-0.15, -0.1) is 0 Å². The van der Waals surface area contributed by atoms with Crippen molar-refractivity contribution in [2.75, 3.05) is 6.61 Å². The first kappa shape index (κ1) is 18.7. The summed E-state index contributed by atoms with van der Waals surface area (Å²) in [5.41, 5.74) is 2.50. The summed E-state index contributed by atoms with van der Waals surface area (Å²) in [6.45, 7) is 4.76. The summed E-state index contributed by atoms with van der Waals surface area (Å²) in [6.07, 6.45) is 1.68. The van der Waals surface area contributed by atoms with Crippen molar-refractivity contribution in [2.24, 2.45) is 0 Å². The minimum atomic E-state index is -0.335. The second kappa shape index (κ2) is 7.80. The highest BCUT2D eigenvalue weighted by molar-refractivity contribution is 8.00. The molecule has 144 valence electrons. The van der Waals surface area contributed by atoms with Crippen LogP contribution < -0.4 is 5.56 Å². The van der Waals surface area contributed by atoms with Gasteiger partial charge in [0.1, 0.15) is 5.25 Å². The van der Waals surface area contributed by atoms with Crippen molar-refractivity contribution in [3.8, 4) is 5.69 Å². The second-order valence-corrected chi connectivity index (χ2v) is 8.19. The number of thioether (sulfide) groups is 1. The number of cyclic esters (lactones) is 1. The van der Waals surface area contributed by atoms with Crippen molar-refractivity contribution in [3.05, 3.63) is 64.4 Å². The number of carbonyl (C=O) groups excluding carboxylic acids is 1. The minimum Gasteiger partial charge on any atom is -0.465 e. The number of carbonyl (C=O) groups is 1. The third-order valence-electron chi connectivity index (χ3n) is 5.21. The first-order chi connectivity index (χ1) is 13.6. The van der Waals surface area contributed by atoms with E-state index in [-0.39, 0.29) is 16.8 Å². The number of para-hydroxylation sites is 1. The monoisotopic (exact) mass is 394 g/mol. The van der Waals surface area contributed by atoms with E-state index in [1.807, 2.05) is 30.3 Å². The molecule has 6 heteroatoms. The van der Waals surface area contributed by atoms with Crippen LogP contribution in [0.25, 0.3) is 16.6 Å². The first-order valence-electron chi connectivity index (χ1n) is 9.54. The molecule has 1 aliphatic rings. The zero-order valence-corrected chi connectivity index (χ0v) is 16.7. The van der Waals surface area contributed by atoms with E-state index in [0.717, 1.165) is 12.1 Å². The van der Waals surface area contributed by atoms with Crippen LogP contribution in [-0.4, -0.2) is 27.4 Å². The van der Waals surface area contributed by atoms with Gasteiger partial charge in [-0.05, 0) is 42.2 Å². The van der Waals surface area contributed by atoms with Gasteiger partial charge in [0.2, 0.25) is 0 Å². The summed E-state index contributed by atoms with van der Waals surface area (Å²) in [5.74, 6) is 0.216. The molecule has 1 fully saturated rings. The Bertz CT molecular complexity index is 1080. The molecule has 0 spiro atoms. The van der Waals surface area contributed by atoms with Crippen molar-refractivity contribution >= 4 is 28.6 Å². The largest absolute Gasteiger partial charge is 0.465 e. The highest BCUT2D eigenvalue weighted by Gasteiger charge is 2.29. The molecule has 5 nitrogen and oxygen atoms in total. The van der Waals surface area contributed by atoms with E-state index in [1.165, 1.54) is 17.3 Å². The fourth-order valence-electron chi connectivity index (χ4n) is 3.32. The van der Waals surface area contributed by atoms with E-state index in [9.17, 15) is 9.59 Å². The van der Waals surface area contributed by atoms with Gasteiger partial charge in [-0.1, -0.05) is 49.9 Å². The average molecular weight is 394 g/mol. The summed E-state index contributed by atoms with van der Waals surface area (Å²) in [4.78, 5) is 29.9. The maximum atomic E-state index is 13.3. The molecule has 28 heavy (non-hydrogen) atoms. The number of benzene rings is 2. The van der Waals surface area contributed by atoms with E-state index in [2.05, 4.69) is 26.0 Å². The third-order valence-corrected chi connectivity index (χ3v) is 6.41. The Labute approximate surface area is 167 Å². The number of aromatic nitrogens is 2. The minimum absolute atomic E-state index is 0.129. The fourth-order valence-corrected chi connectivity index (χ4v) is 4.40. The molecule has 3 aromatic rings. The summed E-state index contributed by atoms with van der Waals surface area (Å²) < 4.78 is 6.69. The molecule has 0 amide bonds. The molecule has 1 aliphatic heterocycles. The van der Waals surface area contributed by atoms with E-state index in [1.54, 1.807) is 10.6 Å². The lowest BCUT2D eigenvalue weighted by molar-refractivity contribution is -0.137. The topological polar surface area (TPSA) is 61.2 Å². The Morgan fingerprint density at radius 3 is 2.61 bits per heavy atom. The van der Waals surface area contributed by atoms with Gasteiger partial charge in [-0.3, -0.25) is 14.2 Å². The van der Waals surface area contributed by atoms with Crippen LogP contribution >= 0.6 is 11.8 Å². The van der Waals surface area contributed by atoms with Crippen LogP contribution in [0.3, 0.4) is 0 Å². The van der Waals surface area contributed by atoms with E-state index in [0.29, 0.717) is 35.0 Å². The zero-order valence-electron chi connectivity index (χ0n) is 15.9. The van der Waals surface area contributed by atoms with Crippen molar-refractivity contribution in [1.29, 1.82) is 0 Å². The number of fused-ring (bicyclic) bond motifs is 1. The molecule has 0 aliphatic carbocycles. The molecule has 1 saturated heterocycles. The summed E-state index contributed by atoms with van der Waals surface area (Å²) >= 11 is 1.30. The van der Waals surface area contributed by atoms with Gasteiger partial charge in [-0.2, -0.15) is 0 Å². The standard InChI is InChI=1S/C22H22N2O3S/c1-3-14(2)15-8-10-16(11-9-15)24-20(25)17-6-4-5-7-18(17)23-22(24)28-19-12-13-27-21(19)26/h4-11,14,19H,3,12-13H2,1-2H3/t14-,19-/m1/s1. The molecule has 0 unspecified atom stereocenters. The molecule has 2 atom stereocenters. The maximum Gasteiger partial charge on any atom is 0.319 e. The lowest BCUT2D eigenvalue weighted by atomic mass is 9.98. The number of ether oxygens (including phenoxy) is 1. The lowest BCUT2D eigenvalue weighted by Crippen LogP contribution is -2.23. The Balaban J connectivity index is 1.85. The fraction of sp³-hybridized carbons (Fsp3) is 0.318. The molecular formula is C22H22N2O3S. The van der Waals surface area contributed by atoms with Crippen molar-refractivity contribution in [1.82, 2.24) is 9.55 Å². The van der Waals surface area contributed by atoms with Gasteiger partial charge in [0.15, 0.2) is 5.16 Å². The van der Waals surface area contributed by atoms with Crippen LogP contribution in [0.5, 0.6) is 0 Å². The second-order valence-electron chi connectivity index (χ2n) is 7.02. The highest BCUT2D eigenvalue weighted by Crippen LogP contribution is 2.30. The van der Waals surface area contributed by atoms with Crippen molar-refractivity contribution in [2.45, 2.75) is 43.0 Å². The molecule has 0 N–H and O–H groups in total. The Morgan fingerprint density at radius 2 is 1.93 bits per heavy atom. The quantitative estimate of drug-likeness (QED) is 0.477. The number of esters is 1. The van der Waals surface area contributed by atoms with Crippen LogP contribution in [-0.2, 0) is 9.53 Å². The molecule has 2 aromatic carbocycles. The van der Waals surface area contributed by atoms with Crippen LogP contribution in [0, 0.1) is 0 Å². The summed E-state index contributed by atoms with van der Waals surface area (Å²) in [7, 11) is 0. The van der Waals surface area contributed by atoms with Crippen LogP contribution in [0.15, 0.2) is 58.5 Å². The Hall–Kier alpha value is -2.60. The first-order valence-corrected chi connectivity index (χ1v) is 10.4. The van der Waals surface area contributed by atoms with Crippen LogP contribution in [0.1, 0.15) is 38.2 Å². The van der Waals surface area contributed by atoms with E-state index >= 15 is 0 Å². The Morgan fingerprint density at radius 1 is 1.18 bits per heavy atom. The van der Waals surface area contributed by atoms with E-state index in [4.69, 9.17) is 9.72 Å². The van der Waals surface area contributed by atoms with Gasteiger partial charge in [0, 0.05) is 6.42 Å². The van der Waals surface area contributed by atoms with Gasteiger partial charge in [0.05, 0.1) is 23.2 Å². The normalized spacial score (nSPS) is 17.6. The average Bonchev–Trinajstić information content (AvgIpc) is 3.12. The van der Waals surface area contributed by atoms with E-state index < -0.39 is 0 Å². The maximum absolute atomic E-state index is 13.3. The van der Waals surface area contributed by atoms with Gasteiger partial charge < -0.3 is 4.74 Å². The number of rotatable bonds is 5. The summed E-state index contributed by atoms with van der Waals surface area (Å²) in [5, 5.41) is 0.745. The Kier molecular flexibility index (Phi) is 5.22. The van der Waals surface area contributed by atoms with Crippen molar-refractivity contribution < 1.29 is 9.53 Å². The predicted octanol–water partition coefficient (Wildman–Crippen LogP) is 4.31. The molecule has 1 aromatic heterocycles. The number of nitrogens with zero attached hydrogens (tertiary/aromatic N) is 2. The number of hydrogen-bond acceptors (Lipinski definition) is 5. The van der Waals surface area contributed by atoms with Gasteiger partial charge in [0.25, 0.3) is 5.56 Å². The lowest BCUT2D eigenvalue weighted by Gasteiger charge is -2.16. The SMILES string of the molecule is CC[C@@H](C)c1ccc(-n2c(S[C@@H]3CCOC3=O)nc3ccccc3c2=O)cc1. The predicted molar refractivity (Wildman–Crippen MR) is 111 cm³/mol. The van der Waals surface area contributed by atoms with Crippen LogP contribution in [0.2, 0.25) is 0 Å². The molecule has 0 saturated carbocycles. The number of hydrogen-bond donors (Lipinski definition) is 0. The zero-order chi connectivity index (χ0) is 19.7. The van der Waals surface area contributed by atoms with Gasteiger partial charge in [-0.25, -0.2) is 4.98 Å². The van der Waals surface area contributed by atoms with Crippen molar-refractivity contribution in [3.63, 3.8) is 0 Å². The molecule has 2 heterocycles. The third kappa shape index (κ3) is 3.44. The molecule has 0 radical (unpaired) electrons. The summed E-state index contributed by atoms with van der Waals surface area (Å²) in [6, 6.07) is 15.3.